The van der Waals surface area contributed by atoms with E-state index in [2.05, 4.69) is 6.92 Å². The fraction of sp³-hybridized carbons (Fsp3) is 1.00. The topological polar surface area (TPSA) is 8.88 Å². The van der Waals surface area contributed by atoms with Gasteiger partial charge < -0.3 is 9.80 Å². The summed E-state index contributed by atoms with van der Waals surface area (Å²) in [5, 5.41) is 0. The van der Waals surface area contributed by atoms with Crippen molar-refractivity contribution >= 4 is 0 Å². The van der Waals surface area contributed by atoms with Crippen molar-refractivity contribution in [1.82, 2.24) is 0 Å². The molecule has 3 atom stereocenters. The van der Waals surface area contributed by atoms with Crippen LogP contribution in [0.1, 0.15) is 32.6 Å². The van der Waals surface area contributed by atoms with Crippen molar-refractivity contribution in [1.29, 1.82) is 0 Å². The van der Waals surface area contributed by atoms with Gasteiger partial charge in [0.2, 0.25) is 0 Å². The van der Waals surface area contributed by atoms with E-state index >= 15 is 0 Å². The van der Waals surface area contributed by atoms with E-state index in [-0.39, 0.29) is 0 Å². The van der Waals surface area contributed by atoms with Crippen LogP contribution in [0.25, 0.3) is 0 Å². The number of rotatable bonds is 2. The first-order chi connectivity index (χ1) is 7.36. The fourth-order valence-corrected chi connectivity index (χ4v) is 4.39. The summed E-state index contributed by atoms with van der Waals surface area (Å²) in [4.78, 5) is 3.81. The summed E-state index contributed by atoms with van der Waals surface area (Å²) in [7, 11) is 0. The Labute approximate surface area is 93.6 Å². The number of hydrogen-bond acceptors (Lipinski definition) is 0. The molecule has 0 amide bonds. The van der Waals surface area contributed by atoms with Crippen LogP contribution in [0.4, 0.5) is 0 Å². The normalized spacial score (nSPS) is 49.8. The smallest absolute Gasteiger partial charge is 0.127 e. The average molecular weight is 210 g/mol. The maximum absolute atomic E-state index is 2.33. The molecule has 0 aromatic rings. The molecule has 1 aliphatic heterocycles. The Morgan fingerprint density at radius 3 is 2.33 bits per heavy atom. The second-order valence-corrected chi connectivity index (χ2v) is 6.04. The summed E-state index contributed by atoms with van der Waals surface area (Å²) >= 11 is 0. The highest BCUT2D eigenvalue weighted by atomic mass is 15.3. The van der Waals surface area contributed by atoms with Crippen molar-refractivity contribution in [3.63, 3.8) is 0 Å². The molecule has 1 saturated heterocycles. The Morgan fingerprint density at radius 1 is 1.00 bits per heavy atom. The van der Waals surface area contributed by atoms with Gasteiger partial charge in [-0.15, -0.1) is 0 Å². The lowest BCUT2D eigenvalue weighted by molar-refractivity contribution is -1.02. The number of quaternary nitrogens is 2. The van der Waals surface area contributed by atoms with Crippen LogP contribution in [0.2, 0.25) is 0 Å². The molecule has 1 heterocycles. The first-order valence-electron chi connectivity index (χ1n) is 7.05. The van der Waals surface area contributed by atoms with Crippen LogP contribution in [-0.2, 0) is 0 Å². The zero-order valence-corrected chi connectivity index (χ0v) is 10.1. The van der Waals surface area contributed by atoms with Gasteiger partial charge in [0.05, 0.1) is 12.6 Å². The number of hydrogen-bond donors (Lipinski definition) is 2. The van der Waals surface area contributed by atoms with Crippen molar-refractivity contribution in [2.24, 2.45) is 11.8 Å². The summed E-state index contributed by atoms with van der Waals surface area (Å²) in [6, 6.07) is 1.07. The first-order valence-corrected chi connectivity index (χ1v) is 7.05. The summed E-state index contributed by atoms with van der Waals surface area (Å²) < 4.78 is 0. The number of piperazine rings is 1. The first kappa shape index (κ1) is 10.1. The standard InChI is InChI=1S/C13H24N2/c1-2-14-5-7-15(8-6-14)13-10-11-3-4-12(13)9-11/h11-13H,2-10H2,1H3/p+2/t11-,12-,13+/m0/s1. The Balaban J connectivity index is 1.56. The molecule has 2 saturated carbocycles. The van der Waals surface area contributed by atoms with Crippen LogP contribution < -0.4 is 9.80 Å². The van der Waals surface area contributed by atoms with E-state index in [9.17, 15) is 0 Å². The molecule has 2 heteroatoms. The molecule has 0 radical (unpaired) electrons. The highest BCUT2D eigenvalue weighted by Gasteiger charge is 2.45. The second kappa shape index (κ2) is 4.06. The minimum atomic E-state index is 1.07. The summed E-state index contributed by atoms with van der Waals surface area (Å²) in [6.45, 7) is 9.44. The maximum Gasteiger partial charge on any atom is 0.127 e. The van der Waals surface area contributed by atoms with E-state index < -0.39 is 0 Å². The largest absolute Gasteiger partial charge is 0.326 e. The molecule has 2 nitrogen and oxygen atoms in total. The zero-order valence-electron chi connectivity index (χ0n) is 10.1. The van der Waals surface area contributed by atoms with Gasteiger partial charge in [-0.25, -0.2) is 0 Å². The lowest BCUT2D eigenvalue weighted by Gasteiger charge is -2.36. The molecule has 0 aromatic heterocycles. The number of likely N-dealkylation sites (N-methyl/N-ethyl adjacent to an activating group) is 1. The molecule has 2 N–H and O–H groups in total. The molecule has 86 valence electrons. The van der Waals surface area contributed by atoms with Crippen molar-refractivity contribution in [2.45, 2.75) is 38.6 Å². The van der Waals surface area contributed by atoms with Crippen LogP contribution in [-0.4, -0.2) is 38.8 Å². The van der Waals surface area contributed by atoms with Gasteiger partial charge in [0, 0.05) is 12.3 Å². The highest BCUT2D eigenvalue weighted by molar-refractivity contribution is 4.90. The number of nitrogens with one attached hydrogen (secondary N) is 2. The zero-order chi connectivity index (χ0) is 10.3. The quantitative estimate of drug-likeness (QED) is 0.577. The van der Waals surface area contributed by atoms with E-state index in [0.29, 0.717) is 0 Å². The lowest BCUT2D eigenvalue weighted by Crippen LogP contribution is -3.29. The lowest BCUT2D eigenvalue weighted by atomic mass is 9.93. The third-order valence-corrected chi connectivity index (χ3v) is 5.36. The Bertz CT molecular complexity index is 221. The average Bonchev–Trinajstić information content (AvgIpc) is 2.91. The van der Waals surface area contributed by atoms with Gasteiger partial charge in [0.15, 0.2) is 0 Å². The fourth-order valence-electron chi connectivity index (χ4n) is 4.39. The second-order valence-electron chi connectivity index (χ2n) is 6.04. The van der Waals surface area contributed by atoms with Gasteiger partial charge in [-0.05, 0) is 32.1 Å². The predicted molar refractivity (Wildman–Crippen MR) is 61.2 cm³/mol. The van der Waals surface area contributed by atoms with Crippen molar-refractivity contribution in [3.05, 3.63) is 0 Å². The van der Waals surface area contributed by atoms with E-state index in [4.69, 9.17) is 0 Å². The van der Waals surface area contributed by atoms with E-state index in [1.165, 1.54) is 32.7 Å². The van der Waals surface area contributed by atoms with Crippen molar-refractivity contribution < 1.29 is 9.80 Å². The molecule has 2 aliphatic carbocycles. The van der Waals surface area contributed by atoms with Crippen LogP contribution in [0.15, 0.2) is 0 Å². The SMILES string of the molecule is CC[NH+]1CC[NH+]([C@@H]2C[C@H]3CC[C@H]2C3)CC1. The van der Waals surface area contributed by atoms with Crippen LogP contribution in [0.5, 0.6) is 0 Å². The third kappa shape index (κ3) is 1.83. The third-order valence-electron chi connectivity index (χ3n) is 5.36. The molecule has 0 spiro atoms. The van der Waals surface area contributed by atoms with Crippen molar-refractivity contribution in [3.8, 4) is 0 Å². The maximum atomic E-state index is 2.33. The molecular formula is C13H26N2+2. The monoisotopic (exact) mass is 210 g/mol. The summed E-state index contributed by atoms with van der Waals surface area (Å²) in [5.41, 5.74) is 0. The summed E-state index contributed by atoms with van der Waals surface area (Å²) in [5.74, 6) is 2.25. The van der Waals surface area contributed by atoms with Crippen molar-refractivity contribution in [2.75, 3.05) is 32.7 Å². The molecule has 3 aliphatic rings. The van der Waals surface area contributed by atoms with Gasteiger partial charge in [-0.1, -0.05) is 0 Å². The number of fused-ring (bicyclic) bond motifs is 2. The van der Waals surface area contributed by atoms with Gasteiger partial charge in [-0.3, -0.25) is 0 Å². The Morgan fingerprint density at radius 2 is 1.80 bits per heavy atom. The van der Waals surface area contributed by atoms with Crippen LogP contribution in [0, 0.1) is 11.8 Å². The Kier molecular flexibility index (Phi) is 2.73. The molecule has 0 unspecified atom stereocenters. The molecule has 3 fully saturated rings. The Hall–Kier alpha value is -0.0800. The molecule has 15 heavy (non-hydrogen) atoms. The van der Waals surface area contributed by atoms with E-state index in [1.54, 1.807) is 25.7 Å². The van der Waals surface area contributed by atoms with Gasteiger partial charge in [-0.2, -0.15) is 0 Å². The molecular weight excluding hydrogens is 184 g/mol. The highest BCUT2D eigenvalue weighted by Crippen LogP contribution is 2.43. The molecule has 3 rings (SSSR count). The van der Waals surface area contributed by atoms with Gasteiger partial charge in [0.1, 0.15) is 26.2 Å². The predicted octanol–water partition coefficient (Wildman–Crippen LogP) is -1.02. The van der Waals surface area contributed by atoms with E-state index in [0.717, 1.165) is 17.9 Å². The minimum absolute atomic E-state index is 1.07. The van der Waals surface area contributed by atoms with Gasteiger partial charge >= 0.3 is 0 Å². The summed E-state index contributed by atoms with van der Waals surface area (Å²) in [6.07, 6.45) is 6.27. The van der Waals surface area contributed by atoms with E-state index in [1.807, 2.05) is 9.80 Å². The van der Waals surface area contributed by atoms with Gasteiger partial charge in [0.25, 0.3) is 0 Å². The minimum Gasteiger partial charge on any atom is -0.326 e. The van der Waals surface area contributed by atoms with Crippen LogP contribution >= 0.6 is 0 Å². The molecule has 0 aromatic carbocycles. The van der Waals surface area contributed by atoms with Crippen LogP contribution in [0.3, 0.4) is 0 Å². The molecule has 2 bridgehead atoms.